The predicted molar refractivity (Wildman–Crippen MR) is 224 cm³/mol. The summed E-state index contributed by atoms with van der Waals surface area (Å²) in [7, 11) is 0. The van der Waals surface area contributed by atoms with Crippen molar-refractivity contribution in [2.24, 2.45) is 0 Å². The fraction of sp³-hybridized carbons (Fsp3) is 0.522. The van der Waals surface area contributed by atoms with Crippen molar-refractivity contribution < 1.29 is 23.9 Å². The lowest BCUT2D eigenvalue weighted by atomic mass is 9.87. The molecule has 304 valence electrons. The number of anilines is 2. The zero-order chi connectivity index (χ0) is 40.9. The minimum Gasteiger partial charge on any atom is -0.444 e. The second-order valence-electron chi connectivity index (χ2n) is 19.0. The molecule has 0 radical (unpaired) electrons. The second kappa shape index (κ2) is 15.4. The molecule has 0 aliphatic carbocycles. The first-order chi connectivity index (χ1) is 26.8. The molecule has 0 saturated carbocycles. The van der Waals surface area contributed by atoms with Crippen LogP contribution in [0.1, 0.15) is 141 Å². The molecule has 3 aliphatic heterocycles. The van der Waals surface area contributed by atoms with E-state index in [-0.39, 0.29) is 35.5 Å². The molecule has 7 rings (SSSR count). The Morgan fingerprint density at radius 3 is 1.89 bits per heavy atom. The van der Waals surface area contributed by atoms with Crippen molar-refractivity contribution >= 4 is 40.5 Å². The predicted octanol–water partition coefficient (Wildman–Crippen LogP) is 10.4. The van der Waals surface area contributed by atoms with Crippen LogP contribution in [-0.2, 0) is 19.7 Å². The molecule has 3 fully saturated rings. The van der Waals surface area contributed by atoms with Crippen LogP contribution in [-0.4, -0.2) is 68.2 Å². The van der Waals surface area contributed by atoms with Crippen molar-refractivity contribution in [3.63, 3.8) is 0 Å². The number of carbonyl (C=O) groups excluding carboxylic acids is 3. The zero-order valence-corrected chi connectivity index (χ0v) is 35.1. The molecule has 0 bridgehead atoms. The topological polar surface area (TPSA) is 120 Å². The lowest BCUT2D eigenvalue weighted by molar-refractivity contribution is -0.120. The molecular formula is C46H60N6O5. The van der Waals surface area contributed by atoms with E-state index in [1.807, 2.05) is 53.7 Å². The summed E-state index contributed by atoms with van der Waals surface area (Å²) < 4.78 is 11.3. The number of fused-ring (bicyclic) bond motifs is 1. The highest BCUT2D eigenvalue weighted by molar-refractivity contribution is 5.97. The number of benzene rings is 3. The molecule has 0 spiro atoms. The van der Waals surface area contributed by atoms with Crippen LogP contribution in [0.3, 0.4) is 0 Å². The molecule has 57 heavy (non-hydrogen) atoms. The number of aromatic amines is 1. The third-order valence-corrected chi connectivity index (χ3v) is 11.3. The Bertz CT molecular complexity index is 2090. The SMILES string of the molecule is CC(C)(C)OC(=O)N1CCCC1c1nc2cc(C3CCC(c4ccc(NC(=O)[C@@H]5CCCN5C(=O)OC(C)(C)C)cc4)N3c3ccc(C(C)(C)C)cc3)ccc2[nH]1. The molecular weight excluding hydrogens is 717 g/mol. The van der Waals surface area contributed by atoms with Crippen LogP contribution in [0.25, 0.3) is 11.0 Å². The number of ether oxygens (including phenoxy) is 2. The lowest BCUT2D eigenvalue weighted by Crippen LogP contribution is -2.45. The Labute approximate surface area is 337 Å². The summed E-state index contributed by atoms with van der Waals surface area (Å²) in [5, 5.41) is 3.06. The van der Waals surface area contributed by atoms with Crippen molar-refractivity contribution in [2.45, 2.75) is 142 Å². The van der Waals surface area contributed by atoms with Crippen LogP contribution < -0.4 is 10.2 Å². The molecule has 3 unspecified atom stereocenters. The van der Waals surface area contributed by atoms with E-state index in [4.69, 9.17) is 14.5 Å². The summed E-state index contributed by atoms with van der Waals surface area (Å²) in [6, 6.07) is 23.1. The van der Waals surface area contributed by atoms with Gasteiger partial charge >= 0.3 is 12.2 Å². The molecule has 4 aromatic rings. The maximum atomic E-state index is 13.4. The van der Waals surface area contributed by atoms with Gasteiger partial charge in [-0.1, -0.05) is 51.1 Å². The number of amides is 3. The Morgan fingerprint density at radius 1 is 0.684 bits per heavy atom. The fourth-order valence-electron chi connectivity index (χ4n) is 8.55. The number of nitrogens with one attached hydrogen (secondary N) is 2. The van der Waals surface area contributed by atoms with Crippen LogP contribution in [0.2, 0.25) is 0 Å². The lowest BCUT2D eigenvalue weighted by Gasteiger charge is -2.34. The van der Waals surface area contributed by atoms with E-state index in [0.29, 0.717) is 25.2 Å². The molecule has 4 heterocycles. The third-order valence-electron chi connectivity index (χ3n) is 11.3. The maximum absolute atomic E-state index is 13.4. The van der Waals surface area contributed by atoms with Gasteiger partial charge in [0.05, 0.1) is 29.2 Å². The second-order valence-corrected chi connectivity index (χ2v) is 19.0. The number of aromatic nitrogens is 2. The van der Waals surface area contributed by atoms with Gasteiger partial charge in [0.1, 0.15) is 23.1 Å². The van der Waals surface area contributed by atoms with Gasteiger partial charge in [0.25, 0.3) is 0 Å². The standard InChI is InChI=1S/C46H60N6O5/c1-44(2,3)31-17-21-33(22-18-31)52-36(29-14-19-32(20-15-29)47-41(53)39-13-11-27-51(39)43(55)57-46(7,8)9)24-25-37(52)30-16-23-34-35(28-30)49-40(48-34)38-12-10-26-50(38)42(54)56-45(4,5)6/h14-23,28,36-39H,10-13,24-27H2,1-9H3,(H,47,53)(H,48,49)/t36?,37?,38?,39-/m0/s1. The number of likely N-dealkylation sites (tertiary alicyclic amines) is 2. The molecule has 3 saturated heterocycles. The molecule has 2 N–H and O–H groups in total. The monoisotopic (exact) mass is 776 g/mol. The van der Waals surface area contributed by atoms with Crippen molar-refractivity contribution in [1.82, 2.24) is 19.8 Å². The third kappa shape index (κ3) is 8.92. The Hall–Kier alpha value is -5.06. The minimum atomic E-state index is -0.629. The van der Waals surface area contributed by atoms with Crippen LogP contribution >= 0.6 is 0 Å². The number of imidazole rings is 1. The Kier molecular flexibility index (Phi) is 10.8. The highest BCUT2D eigenvalue weighted by Gasteiger charge is 2.39. The summed E-state index contributed by atoms with van der Waals surface area (Å²) in [6.07, 6.45) is 4.24. The molecule has 4 atom stereocenters. The first kappa shape index (κ1) is 40.1. The summed E-state index contributed by atoms with van der Waals surface area (Å²) in [6.45, 7) is 19.0. The van der Waals surface area contributed by atoms with Crippen molar-refractivity contribution in [3.8, 4) is 0 Å². The fourth-order valence-corrected chi connectivity index (χ4v) is 8.55. The van der Waals surface area contributed by atoms with Gasteiger partial charge in [-0.15, -0.1) is 0 Å². The Morgan fingerprint density at radius 2 is 1.26 bits per heavy atom. The van der Waals surface area contributed by atoms with Crippen molar-refractivity contribution in [1.29, 1.82) is 0 Å². The van der Waals surface area contributed by atoms with Gasteiger partial charge in [-0.05, 0) is 139 Å². The van der Waals surface area contributed by atoms with E-state index in [9.17, 15) is 14.4 Å². The van der Waals surface area contributed by atoms with Gasteiger partial charge in [0.15, 0.2) is 0 Å². The average molecular weight is 777 g/mol. The van der Waals surface area contributed by atoms with Gasteiger partial charge in [-0.25, -0.2) is 14.6 Å². The number of hydrogen-bond acceptors (Lipinski definition) is 7. The minimum absolute atomic E-state index is 0.0338. The van der Waals surface area contributed by atoms with E-state index in [0.717, 1.165) is 54.6 Å². The normalized spacial score (nSPS) is 21.7. The molecule has 3 amide bonds. The van der Waals surface area contributed by atoms with Gasteiger partial charge in [0.2, 0.25) is 5.91 Å². The summed E-state index contributed by atoms with van der Waals surface area (Å²) in [4.78, 5) is 53.9. The summed E-state index contributed by atoms with van der Waals surface area (Å²) in [5.41, 5.74) is 6.16. The quantitative estimate of drug-likeness (QED) is 0.200. The molecule has 11 nitrogen and oxygen atoms in total. The van der Waals surface area contributed by atoms with Gasteiger partial charge in [0, 0.05) is 24.5 Å². The maximum Gasteiger partial charge on any atom is 0.410 e. The summed E-state index contributed by atoms with van der Waals surface area (Å²) >= 11 is 0. The average Bonchev–Trinajstić information content (AvgIpc) is 3.95. The van der Waals surface area contributed by atoms with E-state index < -0.39 is 23.3 Å². The van der Waals surface area contributed by atoms with Gasteiger partial charge in [-0.3, -0.25) is 14.6 Å². The number of rotatable bonds is 6. The van der Waals surface area contributed by atoms with Crippen molar-refractivity contribution in [2.75, 3.05) is 23.3 Å². The molecule has 1 aromatic heterocycles. The van der Waals surface area contributed by atoms with E-state index in [1.165, 1.54) is 16.7 Å². The van der Waals surface area contributed by atoms with Gasteiger partial charge in [-0.2, -0.15) is 0 Å². The largest absolute Gasteiger partial charge is 0.444 e. The van der Waals surface area contributed by atoms with Crippen LogP contribution in [0, 0.1) is 0 Å². The smallest absolute Gasteiger partial charge is 0.410 e. The zero-order valence-electron chi connectivity index (χ0n) is 35.1. The van der Waals surface area contributed by atoms with Crippen molar-refractivity contribution in [3.05, 3.63) is 89.2 Å². The number of carbonyl (C=O) groups is 3. The molecule has 3 aromatic carbocycles. The van der Waals surface area contributed by atoms with Crippen LogP contribution in [0.4, 0.5) is 21.0 Å². The van der Waals surface area contributed by atoms with E-state index in [1.54, 1.807) is 9.80 Å². The highest BCUT2D eigenvalue weighted by atomic mass is 16.6. The molecule has 11 heteroatoms. The first-order valence-electron chi connectivity index (χ1n) is 20.6. The van der Waals surface area contributed by atoms with Crippen LogP contribution in [0.5, 0.6) is 0 Å². The van der Waals surface area contributed by atoms with Gasteiger partial charge < -0.3 is 24.7 Å². The highest BCUT2D eigenvalue weighted by Crippen LogP contribution is 2.48. The first-order valence-corrected chi connectivity index (χ1v) is 20.6. The Balaban J connectivity index is 1.13. The number of hydrogen-bond donors (Lipinski definition) is 2. The van der Waals surface area contributed by atoms with E-state index >= 15 is 0 Å². The number of nitrogens with zero attached hydrogens (tertiary/aromatic N) is 4. The molecule has 3 aliphatic rings. The van der Waals surface area contributed by atoms with Crippen LogP contribution in [0.15, 0.2) is 66.7 Å². The number of H-pyrrole nitrogens is 1. The van der Waals surface area contributed by atoms with E-state index in [2.05, 4.69) is 90.6 Å². The summed E-state index contributed by atoms with van der Waals surface area (Å²) in [5.74, 6) is 0.595.